The van der Waals surface area contributed by atoms with Gasteiger partial charge in [0, 0.05) is 30.6 Å². The summed E-state index contributed by atoms with van der Waals surface area (Å²) in [5.41, 5.74) is 8.06. The smallest absolute Gasteiger partial charge is 0.133 e. The van der Waals surface area contributed by atoms with Crippen LogP contribution in [0.5, 0.6) is 0 Å². The van der Waals surface area contributed by atoms with E-state index in [4.69, 9.17) is 10.7 Å². The third-order valence-corrected chi connectivity index (χ3v) is 3.81. The molecule has 0 fully saturated rings. The van der Waals surface area contributed by atoms with Gasteiger partial charge in [0.2, 0.25) is 0 Å². The molecule has 20 heavy (non-hydrogen) atoms. The monoisotopic (exact) mass is 271 g/mol. The summed E-state index contributed by atoms with van der Waals surface area (Å²) in [6, 6.07) is 10.8. The zero-order chi connectivity index (χ0) is 14.7. The van der Waals surface area contributed by atoms with Crippen LogP contribution in [0.15, 0.2) is 30.3 Å². The number of hydrogen-bond acceptors (Lipinski definition) is 3. The van der Waals surface area contributed by atoms with Gasteiger partial charge >= 0.3 is 0 Å². The van der Waals surface area contributed by atoms with Crippen LogP contribution in [0.2, 0.25) is 0 Å². The van der Waals surface area contributed by atoms with Crippen LogP contribution in [-0.2, 0) is 6.54 Å². The Kier molecular flexibility index (Phi) is 4.61. The minimum Gasteiger partial charge on any atom is -0.357 e. The van der Waals surface area contributed by atoms with Gasteiger partial charge < -0.3 is 10.6 Å². The lowest BCUT2D eigenvalue weighted by Crippen LogP contribution is -2.32. The number of benzene rings is 1. The van der Waals surface area contributed by atoms with Crippen molar-refractivity contribution in [1.82, 2.24) is 4.98 Å². The molecule has 0 saturated heterocycles. The van der Waals surface area contributed by atoms with Crippen molar-refractivity contribution < 1.29 is 0 Å². The van der Waals surface area contributed by atoms with E-state index in [9.17, 15) is 0 Å². The minimum absolute atomic E-state index is 0.453. The fourth-order valence-electron chi connectivity index (χ4n) is 2.65. The number of pyridine rings is 1. The molecule has 108 valence electrons. The number of anilines is 1. The molecule has 0 spiro atoms. The molecule has 2 N–H and O–H groups in total. The second kappa shape index (κ2) is 6.23. The van der Waals surface area contributed by atoms with Gasteiger partial charge in [0.1, 0.15) is 5.82 Å². The molecule has 0 aliphatic heterocycles. The van der Waals surface area contributed by atoms with E-state index in [-0.39, 0.29) is 0 Å². The maximum absolute atomic E-state index is 5.91. The standard InChI is InChI=1S/C17H25N3/c1-12(2)9-13(3)20(4)17-15(11-18)10-14-7-5-6-8-16(14)19-17/h5-8,10,12-13H,9,11,18H2,1-4H3. The Morgan fingerprint density at radius 2 is 1.90 bits per heavy atom. The average molecular weight is 271 g/mol. The van der Waals surface area contributed by atoms with Crippen LogP contribution in [0.4, 0.5) is 5.82 Å². The summed E-state index contributed by atoms with van der Waals surface area (Å²) in [6.07, 6.45) is 1.15. The second-order valence-corrected chi connectivity index (χ2v) is 5.96. The van der Waals surface area contributed by atoms with Crippen LogP contribution in [0, 0.1) is 5.92 Å². The molecule has 3 heteroatoms. The van der Waals surface area contributed by atoms with Gasteiger partial charge in [0.15, 0.2) is 0 Å². The number of hydrogen-bond donors (Lipinski definition) is 1. The summed E-state index contributed by atoms with van der Waals surface area (Å²) in [7, 11) is 2.11. The fourth-order valence-corrected chi connectivity index (χ4v) is 2.65. The normalized spacial score (nSPS) is 12.9. The first-order valence-electron chi connectivity index (χ1n) is 7.34. The van der Waals surface area contributed by atoms with Gasteiger partial charge in [-0.1, -0.05) is 32.0 Å². The summed E-state index contributed by atoms with van der Waals surface area (Å²) >= 11 is 0. The lowest BCUT2D eigenvalue weighted by atomic mass is 10.0. The quantitative estimate of drug-likeness (QED) is 0.904. The van der Waals surface area contributed by atoms with Gasteiger partial charge in [-0.25, -0.2) is 4.98 Å². The van der Waals surface area contributed by atoms with Gasteiger partial charge in [-0.3, -0.25) is 0 Å². The summed E-state index contributed by atoms with van der Waals surface area (Å²) in [5.74, 6) is 1.69. The number of nitrogens with two attached hydrogens (primary N) is 1. The molecule has 3 nitrogen and oxygen atoms in total. The van der Waals surface area contributed by atoms with Gasteiger partial charge in [0.05, 0.1) is 5.52 Å². The number of nitrogens with zero attached hydrogens (tertiary/aromatic N) is 2. The molecule has 0 aliphatic carbocycles. The van der Waals surface area contributed by atoms with Gasteiger partial charge in [-0.15, -0.1) is 0 Å². The van der Waals surface area contributed by atoms with Crippen molar-refractivity contribution in [1.29, 1.82) is 0 Å². The molecule has 1 unspecified atom stereocenters. The van der Waals surface area contributed by atoms with E-state index in [1.54, 1.807) is 0 Å². The van der Waals surface area contributed by atoms with E-state index in [2.05, 4.69) is 50.9 Å². The molecule has 2 rings (SSSR count). The van der Waals surface area contributed by atoms with Crippen LogP contribution in [0.1, 0.15) is 32.8 Å². The molecule has 0 bridgehead atoms. The second-order valence-electron chi connectivity index (χ2n) is 5.96. The maximum atomic E-state index is 5.91. The van der Waals surface area contributed by atoms with E-state index in [0.29, 0.717) is 18.5 Å². The predicted molar refractivity (Wildman–Crippen MR) is 87.0 cm³/mol. The van der Waals surface area contributed by atoms with Crippen molar-refractivity contribution in [3.05, 3.63) is 35.9 Å². The molecule has 0 radical (unpaired) electrons. The van der Waals surface area contributed by atoms with Crippen LogP contribution >= 0.6 is 0 Å². The van der Waals surface area contributed by atoms with Crippen LogP contribution in [-0.4, -0.2) is 18.1 Å². The third-order valence-electron chi connectivity index (χ3n) is 3.81. The molecular weight excluding hydrogens is 246 g/mol. The highest BCUT2D eigenvalue weighted by Crippen LogP contribution is 2.25. The Morgan fingerprint density at radius 1 is 1.20 bits per heavy atom. The van der Waals surface area contributed by atoms with Crippen molar-refractivity contribution in [2.75, 3.05) is 11.9 Å². The first-order chi connectivity index (χ1) is 9.52. The fraction of sp³-hybridized carbons (Fsp3) is 0.471. The zero-order valence-electron chi connectivity index (χ0n) is 12.9. The Balaban J connectivity index is 2.41. The molecule has 2 aromatic rings. The molecule has 1 atom stereocenters. The van der Waals surface area contributed by atoms with Crippen LogP contribution in [0.3, 0.4) is 0 Å². The minimum atomic E-state index is 0.453. The number of fused-ring (bicyclic) bond motifs is 1. The topological polar surface area (TPSA) is 42.2 Å². The van der Waals surface area contributed by atoms with Crippen LogP contribution < -0.4 is 10.6 Å². The van der Waals surface area contributed by atoms with E-state index >= 15 is 0 Å². The number of rotatable bonds is 5. The first kappa shape index (κ1) is 14.8. The highest BCUT2D eigenvalue weighted by Gasteiger charge is 2.16. The third kappa shape index (κ3) is 3.10. The molecule has 1 heterocycles. The number of aromatic nitrogens is 1. The van der Waals surface area contributed by atoms with Crippen molar-refractivity contribution >= 4 is 16.7 Å². The SMILES string of the molecule is CC(C)CC(C)N(C)c1nc2ccccc2cc1CN. The van der Waals surface area contributed by atoms with E-state index in [0.717, 1.165) is 28.7 Å². The van der Waals surface area contributed by atoms with Crippen molar-refractivity contribution in [3.63, 3.8) is 0 Å². The van der Waals surface area contributed by atoms with Gasteiger partial charge in [0.25, 0.3) is 0 Å². The predicted octanol–water partition coefficient (Wildman–Crippen LogP) is 3.56. The summed E-state index contributed by atoms with van der Waals surface area (Å²) in [6.45, 7) is 7.27. The molecule has 0 amide bonds. The zero-order valence-corrected chi connectivity index (χ0v) is 12.9. The lowest BCUT2D eigenvalue weighted by molar-refractivity contribution is 0.501. The van der Waals surface area contributed by atoms with Crippen molar-refractivity contribution in [3.8, 4) is 0 Å². The highest BCUT2D eigenvalue weighted by atomic mass is 15.2. The van der Waals surface area contributed by atoms with E-state index < -0.39 is 0 Å². The summed E-state index contributed by atoms with van der Waals surface area (Å²) < 4.78 is 0. The molecular formula is C17H25N3. The van der Waals surface area contributed by atoms with Gasteiger partial charge in [-0.05, 0) is 31.4 Å². The van der Waals surface area contributed by atoms with Crippen molar-refractivity contribution in [2.24, 2.45) is 11.7 Å². The maximum Gasteiger partial charge on any atom is 0.133 e. The summed E-state index contributed by atoms with van der Waals surface area (Å²) in [4.78, 5) is 7.08. The Morgan fingerprint density at radius 3 is 2.55 bits per heavy atom. The molecule has 0 aliphatic rings. The van der Waals surface area contributed by atoms with Crippen LogP contribution in [0.25, 0.3) is 10.9 Å². The largest absolute Gasteiger partial charge is 0.357 e. The molecule has 0 saturated carbocycles. The Hall–Kier alpha value is -1.61. The number of para-hydroxylation sites is 1. The first-order valence-corrected chi connectivity index (χ1v) is 7.34. The van der Waals surface area contributed by atoms with Gasteiger partial charge in [-0.2, -0.15) is 0 Å². The van der Waals surface area contributed by atoms with Crippen molar-refractivity contribution in [2.45, 2.75) is 39.8 Å². The Bertz CT molecular complexity index is 577. The lowest BCUT2D eigenvalue weighted by Gasteiger charge is -2.29. The van der Waals surface area contributed by atoms with E-state index in [1.165, 1.54) is 0 Å². The average Bonchev–Trinajstić information content (AvgIpc) is 2.44. The summed E-state index contributed by atoms with van der Waals surface area (Å²) in [5, 5.41) is 1.15. The highest BCUT2D eigenvalue weighted by molar-refractivity contribution is 5.81. The molecule has 1 aromatic carbocycles. The van der Waals surface area contributed by atoms with E-state index in [1.807, 2.05) is 12.1 Å². The Labute approximate surface area is 121 Å². The molecule has 1 aromatic heterocycles.